The standard InChI is InChI=1S/C10H13NO4/c12-11-4-1-5-13-8-2-3-9-10(6-8)15-7-14-9/h2-3,6,11-12H,1,4-5,7H2. The summed E-state index contributed by atoms with van der Waals surface area (Å²) in [6.45, 7) is 1.34. The Morgan fingerprint density at radius 2 is 2.20 bits per heavy atom. The van der Waals surface area contributed by atoms with Crippen molar-refractivity contribution in [3.63, 3.8) is 0 Å². The van der Waals surface area contributed by atoms with Crippen LogP contribution in [0.25, 0.3) is 0 Å². The topological polar surface area (TPSA) is 60.0 Å². The van der Waals surface area contributed by atoms with Crippen LogP contribution in [0.5, 0.6) is 17.2 Å². The largest absolute Gasteiger partial charge is 0.493 e. The highest BCUT2D eigenvalue weighted by atomic mass is 16.7. The Hall–Kier alpha value is -1.46. The zero-order valence-electron chi connectivity index (χ0n) is 8.23. The molecule has 1 aromatic carbocycles. The molecule has 82 valence electrons. The van der Waals surface area contributed by atoms with Crippen LogP contribution in [-0.2, 0) is 0 Å². The van der Waals surface area contributed by atoms with E-state index < -0.39 is 0 Å². The van der Waals surface area contributed by atoms with E-state index in [0.717, 1.165) is 17.9 Å². The van der Waals surface area contributed by atoms with Gasteiger partial charge in [0.05, 0.1) is 6.61 Å². The molecule has 0 unspecified atom stereocenters. The smallest absolute Gasteiger partial charge is 0.231 e. The lowest BCUT2D eigenvalue weighted by Crippen LogP contribution is -2.12. The third kappa shape index (κ3) is 2.51. The molecule has 0 fully saturated rings. The van der Waals surface area contributed by atoms with Crippen LogP contribution in [0.3, 0.4) is 0 Å². The van der Waals surface area contributed by atoms with Gasteiger partial charge < -0.3 is 19.4 Å². The van der Waals surface area contributed by atoms with Crippen LogP contribution in [0, 0.1) is 0 Å². The number of rotatable bonds is 5. The normalized spacial score (nSPS) is 12.9. The molecule has 1 aromatic rings. The Kier molecular flexibility index (Phi) is 3.26. The molecular formula is C10H13NO4. The van der Waals surface area contributed by atoms with E-state index in [4.69, 9.17) is 19.4 Å². The monoisotopic (exact) mass is 211 g/mol. The van der Waals surface area contributed by atoms with Crippen molar-refractivity contribution in [3.05, 3.63) is 18.2 Å². The van der Waals surface area contributed by atoms with Crippen molar-refractivity contribution in [2.24, 2.45) is 0 Å². The van der Waals surface area contributed by atoms with Gasteiger partial charge in [-0.3, -0.25) is 0 Å². The fourth-order valence-electron chi connectivity index (χ4n) is 1.31. The molecule has 1 heterocycles. The van der Waals surface area contributed by atoms with Crippen LogP contribution in [0.4, 0.5) is 0 Å². The van der Waals surface area contributed by atoms with Crippen LogP contribution < -0.4 is 19.7 Å². The van der Waals surface area contributed by atoms with Crippen LogP contribution in [0.1, 0.15) is 6.42 Å². The van der Waals surface area contributed by atoms with Crippen molar-refractivity contribution in [1.29, 1.82) is 0 Å². The van der Waals surface area contributed by atoms with Crippen LogP contribution in [-0.4, -0.2) is 25.2 Å². The number of hydroxylamine groups is 1. The van der Waals surface area contributed by atoms with Gasteiger partial charge in [0.1, 0.15) is 5.75 Å². The van der Waals surface area contributed by atoms with Crippen molar-refractivity contribution in [2.75, 3.05) is 19.9 Å². The lowest BCUT2D eigenvalue weighted by molar-refractivity contribution is 0.157. The highest BCUT2D eigenvalue weighted by molar-refractivity contribution is 5.46. The SMILES string of the molecule is ONCCCOc1ccc2c(c1)OCO2. The summed E-state index contributed by atoms with van der Waals surface area (Å²) in [5, 5.41) is 8.35. The molecule has 5 nitrogen and oxygen atoms in total. The van der Waals surface area contributed by atoms with Crippen molar-refractivity contribution in [1.82, 2.24) is 5.48 Å². The quantitative estimate of drug-likeness (QED) is 0.565. The van der Waals surface area contributed by atoms with E-state index in [2.05, 4.69) is 5.48 Å². The molecule has 0 saturated carbocycles. The number of hydrogen-bond acceptors (Lipinski definition) is 5. The van der Waals surface area contributed by atoms with Gasteiger partial charge >= 0.3 is 0 Å². The summed E-state index contributed by atoms with van der Waals surface area (Å²) < 4.78 is 15.8. The van der Waals surface area contributed by atoms with E-state index in [1.807, 2.05) is 12.1 Å². The summed E-state index contributed by atoms with van der Waals surface area (Å²) in [4.78, 5) is 0. The van der Waals surface area contributed by atoms with E-state index in [1.54, 1.807) is 6.07 Å². The van der Waals surface area contributed by atoms with Gasteiger partial charge in [-0.25, -0.2) is 5.48 Å². The molecule has 1 aliphatic heterocycles. The first-order valence-electron chi connectivity index (χ1n) is 4.79. The minimum atomic E-state index is 0.271. The molecule has 0 radical (unpaired) electrons. The van der Waals surface area contributed by atoms with Gasteiger partial charge in [0.2, 0.25) is 6.79 Å². The van der Waals surface area contributed by atoms with Crippen molar-refractivity contribution >= 4 is 0 Å². The predicted octanol–water partition coefficient (Wildman–Crippen LogP) is 1.16. The number of benzene rings is 1. The highest BCUT2D eigenvalue weighted by Crippen LogP contribution is 2.34. The van der Waals surface area contributed by atoms with Gasteiger partial charge in [-0.2, -0.15) is 0 Å². The first kappa shape index (κ1) is 10.1. The molecule has 5 heteroatoms. The third-order valence-corrected chi connectivity index (χ3v) is 2.05. The summed E-state index contributed by atoms with van der Waals surface area (Å²) in [7, 11) is 0. The molecule has 0 spiro atoms. The Bertz CT molecular complexity index is 329. The van der Waals surface area contributed by atoms with Crippen molar-refractivity contribution in [2.45, 2.75) is 6.42 Å². The maximum absolute atomic E-state index is 8.35. The van der Waals surface area contributed by atoms with Crippen LogP contribution in [0.2, 0.25) is 0 Å². The van der Waals surface area contributed by atoms with Crippen LogP contribution >= 0.6 is 0 Å². The van der Waals surface area contributed by atoms with Crippen molar-refractivity contribution < 1.29 is 19.4 Å². The van der Waals surface area contributed by atoms with E-state index in [-0.39, 0.29) is 6.79 Å². The average molecular weight is 211 g/mol. The van der Waals surface area contributed by atoms with Gasteiger partial charge in [0.15, 0.2) is 11.5 Å². The predicted molar refractivity (Wildman–Crippen MR) is 52.5 cm³/mol. The molecule has 0 aromatic heterocycles. The molecule has 1 aliphatic rings. The second-order valence-corrected chi connectivity index (χ2v) is 3.13. The summed E-state index contributed by atoms with van der Waals surface area (Å²) in [5.74, 6) is 2.21. The molecule has 15 heavy (non-hydrogen) atoms. The van der Waals surface area contributed by atoms with Gasteiger partial charge in [0.25, 0.3) is 0 Å². The minimum absolute atomic E-state index is 0.271. The number of ether oxygens (including phenoxy) is 3. The second-order valence-electron chi connectivity index (χ2n) is 3.13. The molecule has 2 N–H and O–H groups in total. The Morgan fingerprint density at radius 1 is 1.33 bits per heavy atom. The third-order valence-electron chi connectivity index (χ3n) is 2.05. The molecule has 0 saturated heterocycles. The second kappa shape index (κ2) is 4.86. The number of fused-ring (bicyclic) bond motifs is 1. The Labute approximate surface area is 87.5 Å². The van der Waals surface area contributed by atoms with Crippen molar-refractivity contribution in [3.8, 4) is 17.2 Å². The summed E-state index contributed by atoms with van der Waals surface area (Å²) in [6.07, 6.45) is 0.741. The number of nitrogens with one attached hydrogen (secondary N) is 1. The average Bonchev–Trinajstić information content (AvgIpc) is 2.71. The minimum Gasteiger partial charge on any atom is -0.493 e. The maximum Gasteiger partial charge on any atom is 0.231 e. The van der Waals surface area contributed by atoms with Gasteiger partial charge in [-0.1, -0.05) is 0 Å². The van der Waals surface area contributed by atoms with E-state index in [0.29, 0.717) is 18.9 Å². The van der Waals surface area contributed by atoms with Gasteiger partial charge in [-0.05, 0) is 18.6 Å². The zero-order valence-corrected chi connectivity index (χ0v) is 8.23. The van der Waals surface area contributed by atoms with Gasteiger partial charge in [-0.15, -0.1) is 0 Å². The molecule has 0 amide bonds. The van der Waals surface area contributed by atoms with Crippen LogP contribution in [0.15, 0.2) is 18.2 Å². The first-order valence-corrected chi connectivity index (χ1v) is 4.79. The number of hydrogen-bond donors (Lipinski definition) is 2. The fourth-order valence-corrected chi connectivity index (χ4v) is 1.31. The Morgan fingerprint density at radius 3 is 3.07 bits per heavy atom. The summed E-state index contributed by atoms with van der Waals surface area (Å²) in [6, 6.07) is 5.45. The molecule has 0 atom stereocenters. The highest BCUT2D eigenvalue weighted by Gasteiger charge is 2.13. The zero-order chi connectivity index (χ0) is 10.5. The summed E-state index contributed by atoms with van der Waals surface area (Å²) >= 11 is 0. The van der Waals surface area contributed by atoms with Gasteiger partial charge in [0, 0.05) is 12.6 Å². The lowest BCUT2D eigenvalue weighted by atomic mass is 10.3. The van der Waals surface area contributed by atoms with E-state index in [1.165, 1.54) is 0 Å². The fraction of sp³-hybridized carbons (Fsp3) is 0.400. The van der Waals surface area contributed by atoms with E-state index in [9.17, 15) is 0 Å². The lowest BCUT2D eigenvalue weighted by Gasteiger charge is -2.06. The van der Waals surface area contributed by atoms with E-state index >= 15 is 0 Å². The molecule has 2 rings (SSSR count). The summed E-state index contributed by atoms with van der Waals surface area (Å²) in [5.41, 5.74) is 2.07. The molecular weight excluding hydrogens is 198 g/mol. The molecule has 0 bridgehead atoms. The maximum atomic E-state index is 8.35. The first-order chi connectivity index (χ1) is 7.40. The molecule has 0 aliphatic carbocycles. The Balaban J connectivity index is 1.87.